The van der Waals surface area contributed by atoms with Gasteiger partial charge in [-0.3, -0.25) is 4.79 Å². The molecular formula is C15H18BrN3O3. The Morgan fingerprint density at radius 2 is 2.05 bits per heavy atom. The lowest BCUT2D eigenvalue weighted by Crippen LogP contribution is -2.26. The molecule has 2 rings (SSSR count). The summed E-state index contributed by atoms with van der Waals surface area (Å²) in [6, 6.07) is 7.47. The van der Waals surface area contributed by atoms with Crippen LogP contribution in [0.25, 0.3) is 0 Å². The molecule has 22 heavy (non-hydrogen) atoms. The molecule has 1 heterocycles. The summed E-state index contributed by atoms with van der Waals surface area (Å²) in [6.45, 7) is 2.45. The molecule has 0 aliphatic heterocycles. The van der Waals surface area contributed by atoms with Crippen molar-refractivity contribution in [2.24, 2.45) is 7.05 Å². The fraction of sp³-hybridized carbons (Fsp3) is 0.333. The van der Waals surface area contributed by atoms with Gasteiger partial charge in [-0.25, -0.2) is 4.68 Å². The zero-order valence-electron chi connectivity index (χ0n) is 12.7. The van der Waals surface area contributed by atoms with Crippen LogP contribution in [-0.4, -0.2) is 29.5 Å². The maximum Gasteiger partial charge on any atom is 0.282 e. The molecule has 1 N–H and O–H groups in total. The van der Waals surface area contributed by atoms with E-state index in [1.807, 2.05) is 31.2 Å². The number of halogens is 1. The normalized spacial score (nSPS) is 11.8. The number of nitrogens with zero attached hydrogens (tertiary/aromatic N) is 2. The Morgan fingerprint density at radius 1 is 1.36 bits per heavy atom. The molecule has 0 fully saturated rings. The summed E-state index contributed by atoms with van der Waals surface area (Å²) in [5.74, 6) is 1.37. The van der Waals surface area contributed by atoms with E-state index in [9.17, 15) is 4.79 Å². The summed E-state index contributed by atoms with van der Waals surface area (Å²) in [5.41, 5.74) is 0.446. The van der Waals surface area contributed by atoms with Crippen LogP contribution in [0, 0.1) is 0 Å². The first-order chi connectivity index (χ1) is 10.5. The lowest BCUT2D eigenvalue weighted by Gasteiger charge is -2.18. The van der Waals surface area contributed by atoms with Gasteiger partial charge in [0.05, 0.1) is 25.5 Å². The number of ether oxygens (including phenoxy) is 2. The number of hydrogen-bond acceptors (Lipinski definition) is 5. The van der Waals surface area contributed by atoms with Crippen molar-refractivity contribution in [3.8, 4) is 11.5 Å². The van der Waals surface area contributed by atoms with Crippen molar-refractivity contribution in [2.75, 3.05) is 19.0 Å². The van der Waals surface area contributed by atoms with Gasteiger partial charge >= 0.3 is 0 Å². The smallest absolute Gasteiger partial charge is 0.282 e. The molecule has 0 saturated heterocycles. The predicted molar refractivity (Wildman–Crippen MR) is 88.8 cm³/mol. The number of hydrogen-bond donors (Lipinski definition) is 1. The Hall–Kier alpha value is -2.02. The number of aromatic nitrogens is 2. The number of nitrogens with one attached hydrogen (secondary N) is 1. The van der Waals surface area contributed by atoms with Crippen LogP contribution in [0.5, 0.6) is 11.5 Å². The Bertz CT molecular complexity index is 703. The van der Waals surface area contributed by atoms with Crippen molar-refractivity contribution in [2.45, 2.75) is 13.0 Å². The fourth-order valence-electron chi connectivity index (χ4n) is 1.86. The molecule has 0 radical (unpaired) electrons. The second-order valence-electron chi connectivity index (χ2n) is 4.76. The quantitative estimate of drug-likeness (QED) is 0.849. The molecule has 1 atom stereocenters. The third kappa shape index (κ3) is 3.79. The number of benzene rings is 1. The Balaban J connectivity index is 2.00. The van der Waals surface area contributed by atoms with Gasteiger partial charge in [-0.2, -0.15) is 5.10 Å². The van der Waals surface area contributed by atoms with Crippen LogP contribution in [0.2, 0.25) is 0 Å². The van der Waals surface area contributed by atoms with Crippen molar-refractivity contribution in [3.05, 3.63) is 45.3 Å². The van der Waals surface area contributed by atoms with Gasteiger partial charge in [0.1, 0.15) is 10.6 Å². The van der Waals surface area contributed by atoms with Crippen molar-refractivity contribution in [1.29, 1.82) is 0 Å². The second-order valence-corrected chi connectivity index (χ2v) is 5.55. The molecule has 2 aromatic rings. The van der Waals surface area contributed by atoms with E-state index in [1.54, 1.807) is 20.4 Å². The van der Waals surface area contributed by atoms with Gasteiger partial charge in [0.15, 0.2) is 11.5 Å². The lowest BCUT2D eigenvalue weighted by atomic mass is 10.3. The largest absolute Gasteiger partial charge is 0.493 e. The maximum atomic E-state index is 11.8. The third-order valence-electron chi connectivity index (χ3n) is 3.06. The Labute approximate surface area is 137 Å². The Morgan fingerprint density at radius 3 is 2.73 bits per heavy atom. The molecule has 7 heteroatoms. The molecular weight excluding hydrogens is 350 g/mol. The van der Waals surface area contributed by atoms with Gasteiger partial charge in [-0.1, -0.05) is 12.1 Å². The highest BCUT2D eigenvalue weighted by Crippen LogP contribution is 2.27. The zero-order valence-corrected chi connectivity index (χ0v) is 14.3. The number of anilines is 1. The van der Waals surface area contributed by atoms with Crippen LogP contribution < -0.4 is 20.3 Å². The first-order valence-corrected chi connectivity index (χ1v) is 7.57. The maximum absolute atomic E-state index is 11.8. The molecule has 0 aliphatic carbocycles. The van der Waals surface area contributed by atoms with Crippen molar-refractivity contribution in [1.82, 2.24) is 9.78 Å². The number of rotatable bonds is 6. The van der Waals surface area contributed by atoms with Gasteiger partial charge in [0.2, 0.25) is 0 Å². The SMILES string of the molecule is COc1ccccc1OC(C)CNc1cnn(C)c(=O)c1Br. The highest BCUT2D eigenvalue weighted by atomic mass is 79.9. The molecule has 1 aromatic heterocycles. The summed E-state index contributed by atoms with van der Waals surface area (Å²) < 4.78 is 12.8. The van der Waals surface area contributed by atoms with E-state index in [1.165, 1.54) is 4.68 Å². The van der Waals surface area contributed by atoms with Crippen molar-refractivity contribution in [3.63, 3.8) is 0 Å². The van der Waals surface area contributed by atoms with E-state index in [0.717, 1.165) is 0 Å². The fourth-order valence-corrected chi connectivity index (χ4v) is 2.36. The van der Waals surface area contributed by atoms with Gasteiger partial charge in [-0.15, -0.1) is 0 Å². The molecule has 1 aromatic carbocycles. The van der Waals surface area contributed by atoms with Crippen LogP contribution in [0.1, 0.15) is 6.92 Å². The summed E-state index contributed by atoms with van der Waals surface area (Å²) in [6.07, 6.45) is 1.48. The number of methoxy groups -OCH3 is 1. The minimum Gasteiger partial charge on any atom is -0.493 e. The van der Waals surface area contributed by atoms with Gasteiger partial charge in [-0.05, 0) is 35.0 Å². The molecule has 1 unspecified atom stereocenters. The minimum atomic E-state index is -0.191. The first-order valence-electron chi connectivity index (χ1n) is 6.78. The van der Waals surface area contributed by atoms with Crippen LogP contribution in [0.4, 0.5) is 5.69 Å². The van der Waals surface area contributed by atoms with Crippen molar-refractivity contribution >= 4 is 21.6 Å². The number of para-hydroxylation sites is 2. The summed E-state index contributed by atoms with van der Waals surface area (Å²) in [4.78, 5) is 11.8. The monoisotopic (exact) mass is 367 g/mol. The lowest BCUT2D eigenvalue weighted by molar-refractivity contribution is 0.223. The van der Waals surface area contributed by atoms with Gasteiger partial charge < -0.3 is 14.8 Å². The molecule has 0 amide bonds. The highest BCUT2D eigenvalue weighted by molar-refractivity contribution is 9.10. The van der Waals surface area contributed by atoms with Crippen LogP contribution in [-0.2, 0) is 7.05 Å². The minimum absolute atomic E-state index is 0.118. The van der Waals surface area contributed by atoms with E-state index in [4.69, 9.17) is 9.47 Å². The molecule has 6 nitrogen and oxygen atoms in total. The van der Waals surface area contributed by atoms with E-state index in [0.29, 0.717) is 28.2 Å². The third-order valence-corrected chi connectivity index (χ3v) is 3.82. The Kier molecular flexibility index (Phi) is 5.43. The van der Waals surface area contributed by atoms with E-state index in [2.05, 4.69) is 26.3 Å². The van der Waals surface area contributed by atoms with Gasteiger partial charge in [0, 0.05) is 7.05 Å². The van der Waals surface area contributed by atoms with Crippen molar-refractivity contribution < 1.29 is 9.47 Å². The topological polar surface area (TPSA) is 65.4 Å². The summed E-state index contributed by atoms with van der Waals surface area (Å²) in [5, 5.41) is 7.13. The summed E-state index contributed by atoms with van der Waals surface area (Å²) in [7, 11) is 3.21. The van der Waals surface area contributed by atoms with Crippen LogP contribution in [0.3, 0.4) is 0 Å². The molecule has 0 spiro atoms. The first kappa shape index (κ1) is 16.4. The van der Waals surface area contributed by atoms with Gasteiger partial charge in [0.25, 0.3) is 5.56 Å². The summed E-state index contributed by atoms with van der Waals surface area (Å²) >= 11 is 3.27. The average Bonchev–Trinajstić information content (AvgIpc) is 2.52. The number of aryl methyl sites for hydroxylation is 1. The second kappa shape index (κ2) is 7.31. The predicted octanol–water partition coefficient (Wildman–Crippen LogP) is 2.43. The highest BCUT2D eigenvalue weighted by Gasteiger charge is 2.11. The van der Waals surface area contributed by atoms with E-state index in [-0.39, 0.29) is 11.7 Å². The van der Waals surface area contributed by atoms with E-state index >= 15 is 0 Å². The standard InChI is InChI=1S/C15H18BrN3O3/c1-10(22-13-7-5-4-6-12(13)21-3)8-17-11-9-18-19(2)15(20)14(11)16/h4-7,9-10,17H,8H2,1-3H3. The zero-order chi connectivity index (χ0) is 16.1. The van der Waals surface area contributed by atoms with E-state index < -0.39 is 0 Å². The average molecular weight is 368 g/mol. The van der Waals surface area contributed by atoms with Crippen LogP contribution >= 0.6 is 15.9 Å². The molecule has 0 aliphatic rings. The molecule has 0 bridgehead atoms. The molecule has 0 saturated carbocycles. The molecule has 118 valence electrons. The van der Waals surface area contributed by atoms with Crippen LogP contribution in [0.15, 0.2) is 39.7 Å².